The zero-order valence-corrected chi connectivity index (χ0v) is 15.6. The maximum absolute atomic E-state index is 12.1. The van der Waals surface area contributed by atoms with Crippen LogP contribution in [-0.4, -0.2) is 26.4 Å². The molecule has 0 aliphatic heterocycles. The van der Waals surface area contributed by atoms with Crippen LogP contribution in [0.25, 0.3) is 0 Å². The lowest BCUT2D eigenvalue weighted by Crippen LogP contribution is -2.13. The number of thiophene rings is 1. The van der Waals surface area contributed by atoms with Gasteiger partial charge in [0, 0.05) is 23.6 Å². The number of thioether (sulfide) groups is 1. The summed E-state index contributed by atoms with van der Waals surface area (Å²) < 4.78 is 2.01. The lowest BCUT2D eigenvalue weighted by Gasteiger charge is -2.07. The van der Waals surface area contributed by atoms with Crippen molar-refractivity contribution in [3.05, 3.63) is 58.5 Å². The summed E-state index contributed by atoms with van der Waals surface area (Å²) in [5, 5.41) is 22.8. The number of hydrogen-bond acceptors (Lipinski definition) is 6. The van der Waals surface area contributed by atoms with E-state index in [0.29, 0.717) is 23.4 Å². The Morgan fingerprint density at radius 3 is 3.00 bits per heavy atom. The van der Waals surface area contributed by atoms with Crippen LogP contribution in [0, 0.1) is 11.3 Å². The van der Waals surface area contributed by atoms with E-state index in [1.54, 1.807) is 41.9 Å². The fourth-order valence-electron chi connectivity index (χ4n) is 2.33. The highest BCUT2D eigenvalue weighted by atomic mass is 32.2. The molecule has 0 saturated carbocycles. The fraction of sp³-hybridized carbons (Fsp3) is 0.222. The number of carbonyl (C=O) groups is 1. The van der Waals surface area contributed by atoms with Crippen molar-refractivity contribution in [3.63, 3.8) is 0 Å². The molecule has 3 aromatic rings. The fourth-order valence-corrected chi connectivity index (χ4v) is 3.91. The van der Waals surface area contributed by atoms with Gasteiger partial charge in [0.05, 0.1) is 11.3 Å². The van der Waals surface area contributed by atoms with E-state index in [4.69, 9.17) is 5.26 Å². The van der Waals surface area contributed by atoms with E-state index in [1.165, 1.54) is 16.6 Å². The molecule has 2 heterocycles. The SMILES string of the molecule is N#Cc1ccccc1NC(=O)CCSc1nncn1CCc1cccs1. The molecule has 0 aliphatic rings. The van der Waals surface area contributed by atoms with Crippen molar-refractivity contribution < 1.29 is 4.79 Å². The number of benzene rings is 1. The minimum atomic E-state index is -0.121. The van der Waals surface area contributed by atoms with Crippen molar-refractivity contribution in [1.82, 2.24) is 14.8 Å². The number of anilines is 1. The topological polar surface area (TPSA) is 83.6 Å². The summed E-state index contributed by atoms with van der Waals surface area (Å²) in [7, 11) is 0. The summed E-state index contributed by atoms with van der Waals surface area (Å²) in [6.07, 6.45) is 3.00. The molecule has 0 saturated heterocycles. The van der Waals surface area contributed by atoms with Crippen molar-refractivity contribution in [2.75, 3.05) is 11.1 Å². The molecule has 0 spiro atoms. The standard InChI is InChI=1S/C18H17N5OS2/c19-12-14-4-1-2-6-16(14)21-17(24)8-11-26-18-22-20-13-23(18)9-7-15-5-3-10-25-15/h1-6,10,13H,7-9,11H2,(H,21,24). The molecule has 26 heavy (non-hydrogen) atoms. The zero-order valence-electron chi connectivity index (χ0n) is 14.0. The van der Waals surface area contributed by atoms with E-state index in [0.717, 1.165) is 18.1 Å². The Kier molecular flexibility index (Phi) is 6.41. The van der Waals surface area contributed by atoms with Crippen LogP contribution < -0.4 is 5.32 Å². The van der Waals surface area contributed by atoms with Crippen molar-refractivity contribution in [3.8, 4) is 6.07 Å². The molecule has 1 N–H and O–H groups in total. The number of hydrogen-bond donors (Lipinski definition) is 1. The minimum Gasteiger partial charge on any atom is -0.325 e. The van der Waals surface area contributed by atoms with Gasteiger partial charge in [0.15, 0.2) is 5.16 Å². The highest BCUT2D eigenvalue weighted by Gasteiger charge is 2.09. The van der Waals surface area contributed by atoms with Gasteiger partial charge in [-0.25, -0.2) is 0 Å². The molecule has 0 atom stereocenters. The van der Waals surface area contributed by atoms with Gasteiger partial charge in [-0.05, 0) is 30.0 Å². The molecule has 0 unspecified atom stereocenters. The second-order valence-corrected chi connectivity index (χ2v) is 7.53. The molecular formula is C18H17N5OS2. The van der Waals surface area contributed by atoms with E-state index >= 15 is 0 Å². The monoisotopic (exact) mass is 383 g/mol. The van der Waals surface area contributed by atoms with Crippen LogP contribution in [0.4, 0.5) is 5.69 Å². The van der Waals surface area contributed by atoms with E-state index in [-0.39, 0.29) is 5.91 Å². The number of nitrogens with zero attached hydrogens (tertiary/aromatic N) is 4. The number of aromatic nitrogens is 3. The van der Waals surface area contributed by atoms with Crippen LogP contribution >= 0.6 is 23.1 Å². The second-order valence-electron chi connectivity index (χ2n) is 5.44. The molecule has 3 rings (SSSR count). The van der Waals surface area contributed by atoms with Crippen LogP contribution in [0.2, 0.25) is 0 Å². The summed E-state index contributed by atoms with van der Waals surface area (Å²) >= 11 is 3.25. The normalized spacial score (nSPS) is 10.4. The van der Waals surface area contributed by atoms with Gasteiger partial charge in [-0.3, -0.25) is 4.79 Å². The summed E-state index contributed by atoms with van der Waals surface area (Å²) in [6, 6.07) is 13.2. The molecule has 2 aromatic heterocycles. The molecular weight excluding hydrogens is 366 g/mol. The highest BCUT2D eigenvalue weighted by molar-refractivity contribution is 7.99. The molecule has 6 nitrogen and oxygen atoms in total. The predicted molar refractivity (Wildman–Crippen MR) is 103 cm³/mol. The Labute approximate surface area is 159 Å². The lowest BCUT2D eigenvalue weighted by molar-refractivity contribution is -0.115. The van der Waals surface area contributed by atoms with Gasteiger partial charge >= 0.3 is 0 Å². The first-order chi connectivity index (χ1) is 12.8. The quantitative estimate of drug-likeness (QED) is 0.601. The Hall–Kier alpha value is -2.63. The number of nitriles is 1. The lowest BCUT2D eigenvalue weighted by atomic mass is 10.2. The molecule has 132 valence electrons. The van der Waals surface area contributed by atoms with Crippen LogP contribution in [0.5, 0.6) is 0 Å². The van der Waals surface area contributed by atoms with Gasteiger partial charge in [-0.2, -0.15) is 5.26 Å². The summed E-state index contributed by atoms with van der Waals surface area (Å²) in [4.78, 5) is 13.4. The Morgan fingerprint density at radius 1 is 1.31 bits per heavy atom. The Morgan fingerprint density at radius 2 is 2.19 bits per heavy atom. The van der Waals surface area contributed by atoms with Gasteiger partial charge in [0.2, 0.25) is 5.91 Å². The van der Waals surface area contributed by atoms with Gasteiger partial charge in [0.1, 0.15) is 12.4 Å². The average molecular weight is 384 g/mol. The summed E-state index contributed by atoms with van der Waals surface area (Å²) in [6.45, 7) is 0.817. The van der Waals surface area contributed by atoms with Crippen molar-refractivity contribution in [1.29, 1.82) is 5.26 Å². The van der Waals surface area contributed by atoms with Gasteiger partial charge in [-0.1, -0.05) is 30.0 Å². The van der Waals surface area contributed by atoms with Crippen LogP contribution in [-0.2, 0) is 17.8 Å². The number of rotatable bonds is 8. The predicted octanol–water partition coefficient (Wildman–Crippen LogP) is 3.57. The zero-order chi connectivity index (χ0) is 18.2. The van der Waals surface area contributed by atoms with Gasteiger partial charge < -0.3 is 9.88 Å². The van der Waals surface area contributed by atoms with Gasteiger partial charge in [0.25, 0.3) is 0 Å². The second kappa shape index (κ2) is 9.17. The molecule has 0 bridgehead atoms. The van der Waals surface area contributed by atoms with E-state index in [1.807, 2.05) is 10.6 Å². The molecule has 1 aromatic carbocycles. The van der Waals surface area contributed by atoms with Crippen LogP contribution in [0.3, 0.4) is 0 Å². The van der Waals surface area contributed by atoms with Crippen LogP contribution in [0.1, 0.15) is 16.9 Å². The van der Waals surface area contributed by atoms with Crippen LogP contribution in [0.15, 0.2) is 53.3 Å². The average Bonchev–Trinajstić information content (AvgIpc) is 3.32. The maximum Gasteiger partial charge on any atom is 0.225 e. The largest absolute Gasteiger partial charge is 0.325 e. The summed E-state index contributed by atoms with van der Waals surface area (Å²) in [5.41, 5.74) is 1.01. The molecule has 1 amide bonds. The number of carbonyl (C=O) groups excluding carboxylic acids is 1. The number of nitrogens with one attached hydrogen (secondary N) is 1. The van der Waals surface area contributed by atoms with E-state index in [9.17, 15) is 4.79 Å². The van der Waals surface area contributed by atoms with Crippen molar-refractivity contribution in [2.24, 2.45) is 0 Å². The Balaban J connectivity index is 1.47. The number of para-hydroxylation sites is 1. The molecule has 8 heteroatoms. The highest BCUT2D eigenvalue weighted by Crippen LogP contribution is 2.19. The van der Waals surface area contributed by atoms with Crippen molar-refractivity contribution in [2.45, 2.75) is 24.5 Å². The third kappa shape index (κ3) is 4.94. The Bertz CT molecular complexity index is 898. The van der Waals surface area contributed by atoms with E-state index in [2.05, 4.69) is 33.0 Å². The van der Waals surface area contributed by atoms with Gasteiger partial charge in [-0.15, -0.1) is 21.5 Å². The first kappa shape index (κ1) is 18.2. The summed E-state index contributed by atoms with van der Waals surface area (Å²) in [5.74, 6) is 0.475. The molecule has 0 radical (unpaired) electrons. The smallest absolute Gasteiger partial charge is 0.225 e. The van der Waals surface area contributed by atoms with Crippen molar-refractivity contribution >= 4 is 34.7 Å². The number of aryl methyl sites for hydroxylation is 2. The minimum absolute atomic E-state index is 0.121. The molecule has 0 fully saturated rings. The third-order valence-corrected chi connectivity index (χ3v) is 5.56. The third-order valence-electron chi connectivity index (χ3n) is 3.64. The number of amides is 1. The van der Waals surface area contributed by atoms with E-state index < -0.39 is 0 Å². The molecule has 0 aliphatic carbocycles. The maximum atomic E-state index is 12.1. The first-order valence-electron chi connectivity index (χ1n) is 8.08. The first-order valence-corrected chi connectivity index (χ1v) is 9.95.